The van der Waals surface area contributed by atoms with Gasteiger partial charge in [-0.2, -0.15) is 0 Å². The number of benzene rings is 1. The van der Waals surface area contributed by atoms with Crippen molar-refractivity contribution in [2.24, 2.45) is 0 Å². The molecule has 3 nitrogen and oxygen atoms in total. The van der Waals surface area contributed by atoms with Gasteiger partial charge in [-0.15, -0.1) is 0 Å². The lowest BCUT2D eigenvalue weighted by molar-refractivity contribution is 0.0690. The summed E-state index contributed by atoms with van der Waals surface area (Å²) in [4.78, 5) is 13.6. The van der Waals surface area contributed by atoms with Crippen LogP contribution in [0.25, 0.3) is 10.9 Å². The van der Waals surface area contributed by atoms with Gasteiger partial charge in [0.1, 0.15) is 5.69 Å². The van der Waals surface area contributed by atoms with Gasteiger partial charge < -0.3 is 10.1 Å². The Bertz CT molecular complexity index is 519. The van der Waals surface area contributed by atoms with Gasteiger partial charge in [-0.05, 0) is 34.1 Å². The fourth-order valence-corrected chi connectivity index (χ4v) is 2.24. The monoisotopic (exact) mass is 317 g/mol. The molecule has 0 bridgehead atoms. The highest BCUT2D eigenvalue weighted by Crippen LogP contribution is 2.29. The summed E-state index contributed by atoms with van der Waals surface area (Å²) in [5.74, 6) is -0.968. The van der Waals surface area contributed by atoms with Gasteiger partial charge in [-0.3, -0.25) is 0 Å². The number of carboxylic acids is 1. The molecule has 0 aliphatic rings. The fourth-order valence-electron chi connectivity index (χ4n) is 1.28. The maximum absolute atomic E-state index is 10.8. The molecule has 1 aromatic heterocycles. The van der Waals surface area contributed by atoms with Crippen molar-refractivity contribution in [2.75, 3.05) is 0 Å². The van der Waals surface area contributed by atoms with Crippen LogP contribution in [-0.2, 0) is 0 Å². The third-order valence-corrected chi connectivity index (χ3v) is 3.23. The molecule has 0 aliphatic heterocycles. The van der Waals surface area contributed by atoms with E-state index in [1.165, 1.54) is 0 Å². The summed E-state index contributed by atoms with van der Waals surface area (Å²) < 4.78 is 1.50. The summed E-state index contributed by atoms with van der Waals surface area (Å²) in [5, 5.41) is 9.72. The Labute approximate surface area is 96.4 Å². The number of aromatic nitrogens is 1. The number of rotatable bonds is 1. The predicted octanol–water partition coefficient (Wildman–Crippen LogP) is 3.39. The molecule has 2 N–H and O–H groups in total. The molecule has 0 fully saturated rings. The number of aromatic amines is 1. The summed E-state index contributed by atoms with van der Waals surface area (Å²) in [6.07, 6.45) is 0. The Hall–Kier alpha value is -0.810. The van der Waals surface area contributed by atoms with E-state index in [1.54, 1.807) is 0 Å². The SMILES string of the molecule is O=C(O)c1[nH]c2ccc(Br)cc2c1Br. The molecule has 0 amide bonds. The predicted molar refractivity (Wildman–Crippen MR) is 60.7 cm³/mol. The van der Waals surface area contributed by atoms with Gasteiger partial charge in [0.15, 0.2) is 0 Å². The third-order valence-electron chi connectivity index (χ3n) is 1.91. The van der Waals surface area contributed by atoms with Crippen molar-refractivity contribution >= 4 is 48.7 Å². The molecular formula is C9H5Br2NO2. The molecule has 0 atom stereocenters. The maximum Gasteiger partial charge on any atom is 0.353 e. The molecule has 2 aromatic rings. The second kappa shape index (κ2) is 3.40. The zero-order valence-electron chi connectivity index (χ0n) is 6.84. The second-order valence-corrected chi connectivity index (χ2v) is 4.52. The molecular weight excluding hydrogens is 314 g/mol. The first-order valence-electron chi connectivity index (χ1n) is 3.79. The van der Waals surface area contributed by atoms with Crippen molar-refractivity contribution in [3.8, 4) is 0 Å². The summed E-state index contributed by atoms with van der Waals surface area (Å²) in [6.45, 7) is 0. The van der Waals surface area contributed by atoms with Crippen molar-refractivity contribution in [1.82, 2.24) is 4.98 Å². The Morgan fingerprint density at radius 2 is 2.07 bits per heavy atom. The number of nitrogens with one attached hydrogen (secondary N) is 1. The van der Waals surface area contributed by atoms with Gasteiger partial charge >= 0.3 is 5.97 Å². The van der Waals surface area contributed by atoms with Crippen LogP contribution >= 0.6 is 31.9 Å². The number of aromatic carboxylic acids is 1. The summed E-state index contributed by atoms with van der Waals surface area (Å²) >= 11 is 6.58. The average Bonchev–Trinajstić information content (AvgIpc) is 2.44. The van der Waals surface area contributed by atoms with Crippen molar-refractivity contribution in [3.05, 3.63) is 32.8 Å². The summed E-state index contributed by atoms with van der Waals surface area (Å²) in [6, 6.07) is 5.55. The number of hydrogen-bond acceptors (Lipinski definition) is 1. The van der Waals surface area contributed by atoms with E-state index in [1.807, 2.05) is 18.2 Å². The Kier molecular flexibility index (Phi) is 2.36. The van der Waals surface area contributed by atoms with E-state index in [2.05, 4.69) is 36.8 Å². The van der Waals surface area contributed by atoms with Crippen LogP contribution in [0.15, 0.2) is 27.1 Å². The third kappa shape index (κ3) is 1.46. The van der Waals surface area contributed by atoms with Gasteiger partial charge in [0.05, 0.1) is 4.47 Å². The van der Waals surface area contributed by atoms with Crippen LogP contribution in [0.3, 0.4) is 0 Å². The molecule has 72 valence electrons. The molecule has 1 heterocycles. The maximum atomic E-state index is 10.8. The Balaban J connectivity index is 2.80. The number of halogens is 2. The molecule has 5 heteroatoms. The molecule has 0 aliphatic carbocycles. The molecule has 2 rings (SSSR count). The first-order valence-corrected chi connectivity index (χ1v) is 5.38. The van der Waals surface area contributed by atoms with Crippen LogP contribution < -0.4 is 0 Å². The van der Waals surface area contributed by atoms with Gasteiger partial charge in [0, 0.05) is 15.4 Å². The van der Waals surface area contributed by atoms with Crippen LogP contribution in [0.2, 0.25) is 0 Å². The zero-order chi connectivity index (χ0) is 10.3. The van der Waals surface area contributed by atoms with Gasteiger partial charge in [-0.25, -0.2) is 4.79 Å². The van der Waals surface area contributed by atoms with Crippen LogP contribution in [0.4, 0.5) is 0 Å². The van der Waals surface area contributed by atoms with E-state index in [9.17, 15) is 4.79 Å². The van der Waals surface area contributed by atoms with Crippen molar-refractivity contribution in [1.29, 1.82) is 0 Å². The van der Waals surface area contributed by atoms with Crippen molar-refractivity contribution < 1.29 is 9.90 Å². The highest BCUT2D eigenvalue weighted by molar-refractivity contribution is 9.11. The normalized spacial score (nSPS) is 10.7. The van der Waals surface area contributed by atoms with Crippen LogP contribution in [0, 0.1) is 0 Å². The van der Waals surface area contributed by atoms with E-state index in [-0.39, 0.29) is 5.69 Å². The molecule has 0 saturated carbocycles. The van der Waals surface area contributed by atoms with Crippen LogP contribution in [0.5, 0.6) is 0 Å². The Morgan fingerprint density at radius 1 is 1.36 bits per heavy atom. The standard InChI is InChI=1S/C9H5Br2NO2/c10-4-1-2-6-5(3-4)7(11)8(12-6)9(13)14/h1-3,12H,(H,13,14). The number of fused-ring (bicyclic) bond motifs is 1. The minimum absolute atomic E-state index is 0.179. The largest absolute Gasteiger partial charge is 0.477 e. The quantitative estimate of drug-likeness (QED) is 0.846. The summed E-state index contributed by atoms with van der Waals surface area (Å²) in [5.41, 5.74) is 0.982. The highest BCUT2D eigenvalue weighted by atomic mass is 79.9. The minimum atomic E-state index is -0.968. The first-order chi connectivity index (χ1) is 6.59. The van der Waals surface area contributed by atoms with Crippen LogP contribution in [0.1, 0.15) is 10.5 Å². The van der Waals surface area contributed by atoms with Gasteiger partial charge in [0.2, 0.25) is 0 Å². The van der Waals surface area contributed by atoms with E-state index in [0.717, 1.165) is 15.4 Å². The van der Waals surface area contributed by atoms with E-state index in [4.69, 9.17) is 5.11 Å². The number of carboxylic acid groups (broad SMARTS) is 1. The van der Waals surface area contributed by atoms with Crippen molar-refractivity contribution in [2.45, 2.75) is 0 Å². The number of carbonyl (C=O) groups is 1. The molecule has 0 spiro atoms. The van der Waals surface area contributed by atoms with Gasteiger partial charge in [-0.1, -0.05) is 15.9 Å². The lowest BCUT2D eigenvalue weighted by Gasteiger charge is -1.91. The lowest BCUT2D eigenvalue weighted by Crippen LogP contribution is -1.96. The minimum Gasteiger partial charge on any atom is -0.477 e. The van der Waals surface area contributed by atoms with E-state index >= 15 is 0 Å². The highest BCUT2D eigenvalue weighted by Gasteiger charge is 2.14. The van der Waals surface area contributed by atoms with E-state index in [0.29, 0.717) is 4.47 Å². The molecule has 14 heavy (non-hydrogen) atoms. The zero-order valence-corrected chi connectivity index (χ0v) is 10.0. The average molecular weight is 319 g/mol. The number of hydrogen-bond donors (Lipinski definition) is 2. The molecule has 0 unspecified atom stereocenters. The van der Waals surface area contributed by atoms with Gasteiger partial charge in [0.25, 0.3) is 0 Å². The van der Waals surface area contributed by atoms with E-state index < -0.39 is 5.97 Å². The number of H-pyrrole nitrogens is 1. The first kappa shape index (κ1) is 9.73. The lowest BCUT2D eigenvalue weighted by atomic mass is 10.2. The van der Waals surface area contributed by atoms with Crippen molar-refractivity contribution in [3.63, 3.8) is 0 Å². The molecule has 1 aromatic carbocycles. The molecule has 0 radical (unpaired) electrons. The topological polar surface area (TPSA) is 53.1 Å². The fraction of sp³-hybridized carbons (Fsp3) is 0. The van der Waals surface area contributed by atoms with Crippen LogP contribution in [-0.4, -0.2) is 16.1 Å². The summed E-state index contributed by atoms with van der Waals surface area (Å²) in [7, 11) is 0. The second-order valence-electron chi connectivity index (χ2n) is 2.81. The Morgan fingerprint density at radius 3 is 2.71 bits per heavy atom. The molecule has 0 saturated heterocycles. The smallest absolute Gasteiger partial charge is 0.353 e.